The Labute approximate surface area is 147 Å². The number of H-pyrrole nitrogens is 1. The fourth-order valence-corrected chi connectivity index (χ4v) is 4.21. The highest BCUT2D eigenvalue weighted by Crippen LogP contribution is 2.40. The molecule has 5 heteroatoms. The van der Waals surface area contributed by atoms with Crippen molar-refractivity contribution >= 4 is 5.91 Å². The van der Waals surface area contributed by atoms with E-state index in [0.29, 0.717) is 0 Å². The third-order valence-electron chi connectivity index (χ3n) is 5.54. The van der Waals surface area contributed by atoms with Gasteiger partial charge in [-0.25, -0.2) is 0 Å². The summed E-state index contributed by atoms with van der Waals surface area (Å²) in [5, 5.41) is 0. The minimum absolute atomic E-state index is 0.139. The molecule has 25 heavy (non-hydrogen) atoms. The third kappa shape index (κ3) is 3.24. The number of nitrogens with one attached hydrogen (secondary N) is 1. The number of nitrogens with zero attached hydrogens (tertiary/aromatic N) is 2. The highest BCUT2D eigenvalue weighted by molar-refractivity contribution is 5.94. The number of carbonyl (C=O) groups is 1. The summed E-state index contributed by atoms with van der Waals surface area (Å²) in [6.07, 6.45) is 3.70. The molecule has 1 atom stereocenters. The monoisotopic (exact) mass is 337 g/mol. The van der Waals surface area contributed by atoms with Crippen LogP contribution in [0.5, 0.6) is 0 Å². The van der Waals surface area contributed by atoms with Crippen LogP contribution in [0.3, 0.4) is 0 Å². The van der Waals surface area contributed by atoms with E-state index in [9.17, 15) is 9.59 Å². The fraction of sp³-hybridized carbons (Fsp3) is 0.400. The van der Waals surface area contributed by atoms with E-state index in [2.05, 4.69) is 34.1 Å². The average molecular weight is 337 g/mol. The van der Waals surface area contributed by atoms with Gasteiger partial charge in [-0.15, -0.1) is 0 Å². The number of carbonyl (C=O) groups excluding carboxylic acids is 1. The molecule has 0 saturated carbocycles. The summed E-state index contributed by atoms with van der Waals surface area (Å²) < 4.78 is 0. The molecule has 0 radical (unpaired) electrons. The van der Waals surface area contributed by atoms with Crippen LogP contribution in [0.1, 0.15) is 28.8 Å². The van der Waals surface area contributed by atoms with E-state index in [0.717, 1.165) is 45.6 Å². The number of pyridine rings is 1. The van der Waals surface area contributed by atoms with E-state index in [-0.39, 0.29) is 22.4 Å². The summed E-state index contributed by atoms with van der Waals surface area (Å²) >= 11 is 0. The highest BCUT2D eigenvalue weighted by Gasteiger charge is 2.44. The molecule has 1 aromatic carbocycles. The lowest BCUT2D eigenvalue weighted by molar-refractivity contribution is 0.0771. The third-order valence-corrected chi connectivity index (χ3v) is 5.54. The summed E-state index contributed by atoms with van der Waals surface area (Å²) in [4.78, 5) is 31.5. The molecule has 2 saturated heterocycles. The van der Waals surface area contributed by atoms with Crippen molar-refractivity contribution < 1.29 is 4.79 Å². The van der Waals surface area contributed by atoms with Crippen molar-refractivity contribution in [2.45, 2.75) is 19.4 Å². The van der Waals surface area contributed by atoms with Crippen LogP contribution in [0.2, 0.25) is 0 Å². The van der Waals surface area contributed by atoms with Crippen LogP contribution in [0, 0.1) is 5.41 Å². The predicted molar refractivity (Wildman–Crippen MR) is 96.4 cm³/mol. The standard InChI is InChI=1S/C20H23N3O2/c24-18-17(7-4-10-21-18)19(25)23-12-9-20(15-23)8-11-22(14-20)13-16-5-2-1-3-6-16/h1-7,10H,8-9,11-15H2,(H,21,24). The number of benzene rings is 1. The van der Waals surface area contributed by atoms with Gasteiger partial charge in [-0.3, -0.25) is 14.5 Å². The molecule has 2 aliphatic heterocycles. The molecular weight excluding hydrogens is 314 g/mol. The Hall–Kier alpha value is -2.40. The van der Waals surface area contributed by atoms with Gasteiger partial charge >= 0.3 is 0 Å². The molecule has 2 aromatic rings. The normalized spacial score (nSPS) is 23.4. The molecule has 1 unspecified atom stereocenters. The van der Waals surface area contributed by atoms with Gasteiger partial charge in [-0.2, -0.15) is 0 Å². The van der Waals surface area contributed by atoms with Crippen molar-refractivity contribution in [3.05, 3.63) is 70.1 Å². The lowest BCUT2D eigenvalue weighted by Crippen LogP contribution is -2.36. The maximum Gasteiger partial charge on any atom is 0.260 e. The van der Waals surface area contributed by atoms with E-state index in [1.54, 1.807) is 18.3 Å². The van der Waals surface area contributed by atoms with Gasteiger partial charge < -0.3 is 9.88 Å². The molecular formula is C20H23N3O2. The quantitative estimate of drug-likeness (QED) is 0.933. The van der Waals surface area contributed by atoms with Crippen LogP contribution in [-0.2, 0) is 6.54 Å². The molecule has 0 aliphatic carbocycles. The van der Waals surface area contributed by atoms with Crippen molar-refractivity contribution in [3.8, 4) is 0 Å². The largest absolute Gasteiger partial charge is 0.338 e. The molecule has 1 aromatic heterocycles. The van der Waals surface area contributed by atoms with Gasteiger partial charge in [0.2, 0.25) is 0 Å². The zero-order valence-corrected chi connectivity index (χ0v) is 14.3. The zero-order chi connectivity index (χ0) is 17.3. The molecule has 2 aliphatic rings. The van der Waals surface area contributed by atoms with Crippen LogP contribution >= 0.6 is 0 Å². The van der Waals surface area contributed by atoms with E-state index >= 15 is 0 Å². The Bertz CT molecular complexity index is 817. The summed E-state index contributed by atoms with van der Waals surface area (Å²) in [7, 11) is 0. The number of rotatable bonds is 3. The number of amides is 1. The first-order valence-corrected chi connectivity index (χ1v) is 8.89. The molecule has 5 nitrogen and oxygen atoms in total. The SMILES string of the molecule is O=C(c1ccc[nH]c1=O)N1CCC2(CCN(Cc3ccccc3)C2)C1. The maximum absolute atomic E-state index is 12.7. The second kappa shape index (κ2) is 6.48. The molecule has 0 bridgehead atoms. The van der Waals surface area contributed by atoms with E-state index < -0.39 is 0 Å². The van der Waals surface area contributed by atoms with E-state index in [1.165, 1.54) is 5.56 Å². The van der Waals surface area contributed by atoms with Gasteiger partial charge in [-0.1, -0.05) is 30.3 Å². The van der Waals surface area contributed by atoms with Crippen LogP contribution in [0.15, 0.2) is 53.5 Å². The molecule has 1 N–H and O–H groups in total. The van der Waals surface area contributed by atoms with Gasteiger partial charge in [0.25, 0.3) is 11.5 Å². The van der Waals surface area contributed by atoms with Crippen molar-refractivity contribution in [2.24, 2.45) is 5.41 Å². The van der Waals surface area contributed by atoms with Gasteiger partial charge in [0, 0.05) is 37.8 Å². The molecule has 2 fully saturated rings. The number of aromatic nitrogens is 1. The lowest BCUT2D eigenvalue weighted by atomic mass is 9.86. The highest BCUT2D eigenvalue weighted by atomic mass is 16.2. The molecule has 130 valence electrons. The molecule has 4 rings (SSSR count). The second-order valence-electron chi connectivity index (χ2n) is 7.34. The van der Waals surface area contributed by atoms with E-state index in [1.807, 2.05) is 11.0 Å². The van der Waals surface area contributed by atoms with Gasteiger partial charge in [0.05, 0.1) is 0 Å². The summed E-state index contributed by atoms with van der Waals surface area (Å²) in [5.74, 6) is -0.139. The minimum atomic E-state index is -0.300. The first-order chi connectivity index (χ1) is 12.2. The van der Waals surface area contributed by atoms with Crippen LogP contribution in [0.4, 0.5) is 0 Å². The van der Waals surface area contributed by atoms with Crippen molar-refractivity contribution in [3.63, 3.8) is 0 Å². The van der Waals surface area contributed by atoms with Crippen molar-refractivity contribution in [2.75, 3.05) is 26.2 Å². The Morgan fingerprint density at radius 3 is 2.64 bits per heavy atom. The van der Waals surface area contributed by atoms with Crippen molar-refractivity contribution in [1.82, 2.24) is 14.8 Å². The van der Waals surface area contributed by atoms with Gasteiger partial charge in [0.1, 0.15) is 5.56 Å². The summed E-state index contributed by atoms with van der Waals surface area (Å²) in [6.45, 7) is 4.56. The summed E-state index contributed by atoms with van der Waals surface area (Å²) in [5.41, 5.74) is 1.47. The molecule has 1 amide bonds. The molecule has 1 spiro atoms. The Kier molecular flexibility index (Phi) is 4.17. The Morgan fingerprint density at radius 2 is 1.84 bits per heavy atom. The zero-order valence-electron chi connectivity index (χ0n) is 14.3. The predicted octanol–water partition coefficient (Wildman–Crippen LogP) is 2.11. The average Bonchev–Trinajstić information content (AvgIpc) is 3.23. The topological polar surface area (TPSA) is 56.4 Å². The van der Waals surface area contributed by atoms with Gasteiger partial charge in [-0.05, 0) is 37.1 Å². The Morgan fingerprint density at radius 1 is 1.04 bits per heavy atom. The Balaban J connectivity index is 1.41. The van der Waals surface area contributed by atoms with Gasteiger partial charge in [0.15, 0.2) is 0 Å². The number of likely N-dealkylation sites (tertiary alicyclic amines) is 2. The maximum atomic E-state index is 12.7. The first-order valence-electron chi connectivity index (χ1n) is 8.89. The van der Waals surface area contributed by atoms with Crippen LogP contribution in [-0.4, -0.2) is 46.9 Å². The fourth-order valence-electron chi connectivity index (χ4n) is 4.21. The number of hydrogen-bond donors (Lipinski definition) is 1. The van der Waals surface area contributed by atoms with Crippen molar-refractivity contribution in [1.29, 1.82) is 0 Å². The van der Waals surface area contributed by atoms with Crippen LogP contribution < -0.4 is 5.56 Å². The first kappa shape index (κ1) is 16.1. The van der Waals surface area contributed by atoms with E-state index in [4.69, 9.17) is 0 Å². The number of hydrogen-bond acceptors (Lipinski definition) is 3. The molecule has 3 heterocycles. The van der Waals surface area contributed by atoms with Crippen LogP contribution in [0.25, 0.3) is 0 Å². The smallest absolute Gasteiger partial charge is 0.260 e. The number of aromatic amines is 1. The lowest BCUT2D eigenvalue weighted by Gasteiger charge is -2.24. The second-order valence-corrected chi connectivity index (χ2v) is 7.34. The minimum Gasteiger partial charge on any atom is -0.338 e. The summed E-state index contributed by atoms with van der Waals surface area (Å²) in [6, 6.07) is 13.8.